The number of rotatable bonds is 8. The number of hydrogen-bond donors (Lipinski definition) is 4. The number of ether oxygens (including phenoxy) is 1. The number of fused-ring (bicyclic) bond motifs is 1. The van der Waals surface area contributed by atoms with E-state index in [1.54, 1.807) is 36.8 Å². The smallest absolute Gasteiger partial charge is 0.405 e. The van der Waals surface area contributed by atoms with Gasteiger partial charge >= 0.3 is 6.09 Å². The Kier molecular flexibility index (Phi) is 7.01. The predicted octanol–water partition coefficient (Wildman–Crippen LogP) is 3.59. The highest BCUT2D eigenvalue weighted by molar-refractivity contribution is 7.18. The minimum atomic E-state index is -1.26. The minimum Gasteiger partial charge on any atom is -0.497 e. The van der Waals surface area contributed by atoms with Gasteiger partial charge < -0.3 is 25.8 Å². The van der Waals surface area contributed by atoms with E-state index in [9.17, 15) is 9.59 Å². The summed E-state index contributed by atoms with van der Waals surface area (Å²) >= 11 is 1.58. The zero-order valence-corrected chi connectivity index (χ0v) is 20.1. The van der Waals surface area contributed by atoms with E-state index < -0.39 is 12.0 Å². The molecule has 0 radical (unpaired) electrons. The molecule has 2 aromatic heterocycles. The van der Waals surface area contributed by atoms with E-state index in [1.807, 2.05) is 37.4 Å². The Balaban J connectivity index is 1.48. The number of carbonyl (C=O) groups excluding carboxylic acids is 1. The monoisotopic (exact) mass is 493 g/mol. The van der Waals surface area contributed by atoms with Crippen molar-refractivity contribution in [2.45, 2.75) is 20.4 Å². The molecule has 2 amide bonds. The lowest BCUT2D eigenvalue weighted by Crippen LogP contribution is -2.31. The summed E-state index contributed by atoms with van der Waals surface area (Å²) in [5, 5.41) is 25.6. The lowest BCUT2D eigenvalue weighted by atomic mass is 9.99. The van der Waals surface area contributed by atoms with Crippen molar-refractivity contribution in [3.8, 4) is 17.0 Å². The number of amides is 2. The summed E-state index contributed by atoms with van der Waals surface area (Å²) in [4.78, 5) is 31.7. The predicted molar refractivity (Wildman–Crippen MR) is 133 cm³/mol. The molecule has 0 fully saturated rings. The van der Waals surface area contributed by atoms with Crippen LogP contribution in [0.1, 0.15) is 16.1 Å². The number of thiazole rings is 1. The third-order valence-corrected chi connectivity index (χ3v) is 6.10. The number of aromatic nitrogens is 4. The van der Waals surface area contributed by atoms with Gasteiger partial charge in [-0.1, -0.05) is 0 Å². The molecule has 0 spiro atoms. The van der Waals surface area contributed by atoms with Crippen LogP contribution in [0.4, 0.5) is 16.4 Å². The second-order valence-corrected chi connectivity index (χ2v) is 8.77. The first-order valence-electron chi connectivity index (χ1n) is 10.6. The summed E-state index contributed by atoms with van der Waals surface area (Å²) in [6, 6.07) is 9.38. The first-order chi connectivity index (χ1) is 16.8. The fraction of sp³-hybridized carbons (Fsp3) is 0.217. The quantitative estimate of drug-likeness (QED) is 0.288. The number of nitrogens with one attached hydrogen (secondary N) is 3. The summed E-state index contributed by atoms with van der Waals surface area (Å²) in [6.07, 6.45) is 0.325. The van der Waals surface area contributed by atoms with Crippen molar-refractivity contribution in [2.75, 3.05) is 24.3 Å². The van der Waals surface area contributed by atoms with Gasteiger partial charge in [0.1, 0.15) is 17.3 Å². The van der Waals surface area contributed by atoms with Crippen LogP contribution in [-0.4, -0.2) is 50.9 Å². The lowest BCUT2D eigenvalue weighted by molar-refractivity contribution is -0.115. The van der Waals surface area contributed by atoms with E-state index in [-0.39, 0.29) is 6.54 Å². The first kappa shape index (κ1) is 23.8. The van der Waals surface area contributed by atoms with Crippen LogP contribution < -0.4 is 20.7 Å². The number of nitrogens with zero attached hydrogens (tertiary/aromatic N) is 4. The van der Waals surface area contributed by atoms with Crippen LogP contribution in [-0.2, 0) is 11.3 Å². The standard InChI is InChI=1S/C23H23N7O4S/c1-12-6-14(27-19(31)10-25-23(32)33)7-13(2)21(12)17-9-26-30-22(29-17)24-11-20-28-16-8-15(34-3)4-5-18(16)35-20/h4-9,25H,10-11H2,1-3H3,(H,27,31)(H,32,33)(H,24,29,30). The van der Waals surface area contributed by atoms with Gasteiger partial charge in [-0.3, -0.25) is 4.79 Å². The molecule has 11 nitrogen and oxygen atoms in total. The van der Waals surface area contributed by atoms with Crippen LogP contribution in [0, 0.1) is 13.8 Å². The van der Waals surface area contributed by atoms with Crippen molar-refractivity contribution in [2.24, 2.45) is 0 Å². The number of hydrogen-bond acceptors (Lipinski definition) is 9. The number of benzene rings is 2. The highest BCUT2D eigenvalue weighted by Gasteiger charge is 2.13. The molecule has 0 bridgehead atoms. The van der Waals surface area contributed by atoms with E-state index in [0.717, 1.165) is 37.7 Å². The van der Waals surface area contributed by atoms with Crippen LogP contribution in [0.15, 0.2) is 36.5 Å². The molecule has 0 aliphatic rings. The van der Waals surface area contributed by atoms with Crippen molar-refractivity contribution >= 4 is 45.2 Å². The fourth-order valence-corrected chi connectivity index (χ4v) is 4.50. The molecule has 0 aliphatic heterocycles. The molecule has 4 N–H and O–H groups in total. The van der Waals surface area contributed by atoms with Crippen LogP contribution in [0.3, 0.4) is 0 Å². The van der Waals surface area contributed by atoms with Gasteiger partial charge in [0.15, 0.2) is 0 Å². The van der Waals surface area contributed by atoms with Crippen molar-refractivity contribution in [1.82, 2.24) is 25.5 Å². The van der Waals surface area contributed by atoms with Gasteiger partial charge in [-0.15, -0.1) is 16.4 Å². The molecule has 2 heterocycles. The summed E-state index contributed by atoms with van der Waals surface area (Å²) < 4.78 is 6.32. The highest BCUT2D eigenvalue weighted by Crippen LogP contribution is 2.29. The molecule has 0 atom stereocenters. The van der Waals surface area contributed by atoms with E-state index in [4.69, 9.17) is 9.84 Å². The topological polar surface area (TPSA) is 151 Å². The second-order valence-electron chi connectivity index (χ2n) is 7.65. The Morgan fingerprint density at radius 1 is 1.11 bits per heavy atom. The van der Waals surface area contributed by atoms with Gasteiger partial charge in [-0.05, 0) is 49.2 Å². The largest absolute Gasteiger partial charge is 0.497 e. The zero-order chi connectivity index (χ0) is 24.9. The summed E-state index contributed by atoms with van der Waals surface area (Å²) in [5.74, 6) is 0.675. The van der Waals surface area contributed by atoms with Crippen LogP contribution >= 0.6 is 11.3 Å². The summed E-state index contributed by atoms with van der Waals surface area (Å²) in [5.41, 5.74) is 4.69. The Labute approximate surface area is 204 Å². The van der Waals surface area contributed by atoms with E-state index in [1.165, 1.54) is 0 Å². The number of methoxy groups -OCH3 is 1. The average molecular weight is 494 g/mol. The average Bonchev–Trinajstić information content (AvgIpc) is 3.23. The molecule has 0 unspecified atom stereocenters. The summed E-state index contributed by atoms with van der Waals surface area (Å²) in [6.45, 7) is 3.92. The molecule has 4 rings (SSSR count). The fourth-order valence-electron chi connectivity index (χ4n) is 3.61. The normalized spacial score (nSPS) is 10.7. The van der Waals surface area contributed by atoms with Crippen LogP contribution in [0.2, 0.25) is 0 Å². The molecule has 4 aromatic rings. The van der Waals surface area contributed by atoms with E-state index in [0.29, 0.717) is 23.9 Å². The Morgan fingerprint density at radius 2 is 1.89 bits per heavy atom. The van der Waals surface area contributed by atoms with Gasteiger partial charge in [0, 0.05) is 17.3 Å². The third-order valence-electron chi connectivity index (χ3n) is 5.07. The van der Waals surface area contributed by atoms with Crippen LogP contribution in [0.5, 0.6) is 5.75 Å². The molecule has 0 aliphatic carbocycles. The Bertz CT molecular complexity index is 1380. The number of carboxylic acid groups (broad SMARTS) is 1. The lowest BCUT2D eigenvalue weighted by Gasteiger charge is -2.13. The minimum absolute atomic E-state index is 0.331. The maximum atomic E-state index is 11.9. The van der Waals surface area contributed by atoms with Gasteiger partial charge in [0.2, 0.25) is 11.9 Å². The maximum Gasteiger partial charge on any atom is 0.405 e. The molecule has 12 heteroatoms. The maximum absolute atomic E-state index is 11.9. The van der Waals surface area contributed by atoms with Gasteiger partial charge in [0.25, 0.3) is 0 Å². The van der Waals surface area contributed by atoms with E-state index in [2.05, 4.69) is 30.8 Å². The number of aryl methyl sites for hydroxylation is 2. The molecule has 35 heavy (non-hydrogen) atoms. The van der Waals surface area contributed by atoms with Crippen molar-refractivity contribution in [3.63, 3.8) is 0 Å². The molecule has 0 saturated heterocycles. The van der Waals surface area contributed by atoms with E-state index >= 15 is 0 Å². The molecule has 2 aromatic carbocycles. The number of carbonyl (C=O) groups is 2. The Morgan fingerprint density at radius 3 is 2.60 bits per heavy atom. The van der Waals surface area contributed by atoms with Gasteiger partial charge in [-0.25, -0.2) is 14.8 Å². The molecule has 180 valence electrons. The van der Waals surface area contributed by atoms with Crippen molar-refractivity contribution < 1.29 is 19.4 Å². The third kappa shape index (κ3) is 5.79. The highest BCUT2D eigenvalue weighted by atomic mass is 32.1. The number of anilines is 2. The van der Waals surface area contributed by atoms with Crippen molar-refractivity contribution in [3.05, 3.63) is 52.7 Å². The molecular formula is C23H23N7O4S. The van der Waals surface area contributed by atoms with Crippen LogP contribution in [0.25, 0.3) is 21.5 Å². The molecule has 0 saturated carbocycles. The molecular weight excluding hydrogens is 470 g/mol. The first-order valence-corrected chi connectivity index (χ1v) is 11.4. The summed E-state index contributed by atoms with van der Waals surface area (Å²) in [7, 11) is 1.63. The van der Waals surface area contributed by atoms with Gasteiger partial charge in [-0.2, -0.15) is 5.10 Å². The van der Waals surface area contributed by atoms with Gasteiger partial charge in [0.05, 0.1) is 35.8 Å². The zero-order valence-electron chi connectivity index (χ0n) is 19.2. The Hall–Kier alpha value is -4.32. The SMILES string of the molecule is COc1ccc2sc(CNc3nncc(-c4c(C)cc(NC(=O)CNC(=O)O)cc4C)n3)nc2c1. The second kappa shape index (κ2) is 10.3. The van der Waals surface area contributed by atoms with Crippen molar-refractivity contribution in [1.29, 1.82) is 0 Å².